The van der Waals surface area contributed by atoms with Gasteiger partial charge in [-0.1, -0.05) is 24.3 Å². The van der Waals surface area contributed by atoms with Gasteiger partial charge in [0.15, 0.2) is 6.61 Å². The first-order chi connectivity index (χ1) is 13.2. The highest BCUT2D eigenvalue weighted by Gasteiger charge is 2.17. The molecule has 3 N–H and O–H groups in total. The van der Waals surface area contributed by atoms with Gasteiger partial charge in [0.25, 0.3) is 5.91 Å². The topological polar surface area (TPSA) is 88.7 Å². The SMILES string of the molecule is O=C(COc1cccc(NC(=O)CC2COCCN2)c1)Nc1ccccc1. The summed E-state index contributed by atoms with van der Waals surface area (Å²) in [4.78, 5) is 24.1. The first kappa shape index (κ1) is 18.9. The van der Waals surface area contributed by atoms with Gasteiger partial charge in [0.2, 0.25) is 5.91 Å². The number of hydrogen-bond donors (Lipinski definition) is 3. The maximum atomic E-state index is 12.1. The fourth-order valence-electron chi connectivity index (χ4n) is 2.72. The third-order valence-corrected chi connectivity index (χ3v) is 3.98. The Morgan fingerprint density at radius 3 is 2.59 bits per heavy atom. The Balaban J connectivity index is 1.46. The summed E-state index contributed by atoms with van der Waals surface area (Å²) in [5.41, 5.74) is 1.34. The fourth-order valence-corrected chi connectivity index (χ4v) is 2.72. The number of hydrogen-bond acceptors (Lipinski definition) is 5. The van der Waals surface area contributed by atoms with Crippen LogP contribution in [-0.4, -0.2) is 44.2 Å². The summed E-state index contributed by atoms with van der Waals surface area (Å²) in [6.07, 6.45) is 0.338. The number of anilines is 2. The van der Waals surface area contributed by atoms with Gasteiger partial charge in [-0.05, 0) is 24.3 Å². The van der Waals surface area contributed by atoms with Crippen LogP contribution in [0.5, 0.6) is 5.75 Å². The minimum Gasteiger partial charge on any atom is -0.484 e. The van der Waals surface area contributed by atoms with E-state index in [4.69, 9.17) is 9.47 Å². The molecule has 1 aliphatic rings. The fraction of sp³-hybridized carbons (Fsp3) is 0.300. The molecular weight excluding hydrogens is 346 g/mol. The molecule has 142 valence electrons. The lowest BCUT2D eigenvalue weighted by Crippen LogP contribution is -2.43. The van der Waals surface area contributed by atoms with E-state index in [0.717, 1.165) is 6.54 Å². The lowest BCUT2D eigenvalue weighted by atomic mass is 10.2. The molecule has 1 heterocycles. The van der Waals surface area contributed by atoms with Gasteiger partial charge in [-0.25, -0.2) is 0 Å². The Bertz CT molecular complexity index is 761. The average Bonchev–Trinajstić information content (AvgIpc) is 2.68. The second-order valence-electron chi connectivity index (χ2n) is 6.21. The van der Waals surface area contributed by atoms with Gasteiger partial charge in [0.1, 0.15) is 5.75 Å². The molecule has 0 bridgehead atoms. The van der Waals surface area contributed by atoms with Crippen molar-refractivity contribution in [2.24, 2.45) is 0 Å². The molecule has 0 spiro atoms. The molecule has 0 saturated carbocycles. The molecular formula is C20H23N3O4. The Labute approximate surface area is 158 Å². The van der Waals surface area contributed by atoms with Crippen molar-refractivity contribution in [3.63, 3.8) is 0 Å². The summed E-state index contributed by atoms with van der Waals surface area (Å²) in [5.74, 6) is 0.158. The van der Waals surface area contributed by atoms with Crippen LogP contribution in [-0.2, 0) is 14.3 Å². The van der Waals surface area contributed by atoms with Crippen LogP contribution in [0.1, 0.15) is 6.42 Å². The van der Waals surface area contributed by atoms with Crippen LogP contribution in [0.25, 0.3) is 0 Å². The van der Waals surface area contributed by atoms with Crippen LogP contribution in [0.4, 0.5) is 11.4 Å². The molecule has 1 atom stereocenters. The quantitative estimate of drug-likeness (QED) is 0.695. The third-order valence-electron chi connectivity index (χ3n) is 3.98. The van der Waals surface area contributed by atoms with Gasteiger partial charge >= 0.3 is 0 Å². The second-order valence-corrected chi connectivity index (χ2v) is 6.21. The largest absolute Gasteiger partial charge is 0.484 e. The van der Waals surface area contributed by atoms with Crippen molar-refractivity contribution < 1.29 is 19.1 Å². The maximum absolute atomic E-state index is 12.1. The molecule has 27 heavy (non-hydrogen) atoms. The number of amides is 2. The Hall–Kier alpha value is -2.90. The van der Waals surface area contributed by atoms with E-state index in [1.807, 2.05) is 18.2 Å². The van der Waals surface area contributed by atoms with Crippen molar-refractivity contribution in [3.05, 3.63) is 54.6 Å². The first-order valence-corrected chi connectivity index (χ1v) is 8.88. The number of rotatable bonds is 7. The molecule has 7 heteroatoms. The maximum Gasteiger partial charge on any atom is 0.262 e. The lowest BCUT2D eigenvalue weighted by molar-refractivity contribution is -0.118. The van der Waals surface area contributed by atoms with E-state index < -0.39 is 0 Å². The summed E-state index contributed by atoms with van der Waals surface area (Å²) in [6, 6.07) is 16.2. The van der Waals surface area contributed by atoms with E-state index in [1.165, 1.54) is 0 Å². The van der Waals surface area contributed by atoms with Crippen molar-refractivity contribution in [1.82, 2.24) is 5.32 Å². The standard InChI is InChI=1S/C20H23N3O4/c24-19(12-17-13-26-10-9-21-17)23-16-7-4-8-18(11-16)27-14-20(25)22-15-5-2-1-3-6-15/h1-8,11,17,21H,9-10,12-14H2,(H,22,25)(H,23,24). The number of para-hydroxylation sites is 1. The average molecular weight is 369 g/mol. The van der Waals surface area contributed by atoms with E-state index >= 15 is 0 Å². The zero-order valence-electron chi connectivity index (χ0n) is 14.9. The summed E-state index contributed by atoms with van der Waals surface area (Å²) in [5, 5.41) is 8.84. The van der Waals surface area contributed by atoms with E-state index in [-0.39, 0.29) is 24.5 Å². The Morgan fingerprint density at radius 1 is 1.04 bits per heavy atom. The highest BCUT2D eigenvalue weighted by molar-refractivity contribution is 5.92. The van der Waals surface area contributed by atoms with Crippen LogP contribution in [0.2, 0.25) is 0 Å². The summed E-state index contributed by atoms with van der Waals surface area (Å²) < 4.78 is 10.9. The van der Waals surface area contributed by atoms with Gasteiger partial charge in [-0.2, -0.15) is 0 Å². The number of ether oxygens (including phenoxy) is 2. The van der Waals surface area contributed by atoms with Crippen molar-refractivity contribution in [2.75, 3.05) is 37.0 Å². The summed E-state index contributed by atoms with van der Waals surface area (Å²) in [6.45, 7) is 1.85. The number of carbonyl (C=O) groups is 2. The number of nitrogens with one attached hydrogen (secondary N) is 3. The molecule has 2 aromatic rings. The highest BCUT2D eigenvalue weighted by atomic mass is 16.5. The van der Waals surface area contributed by atoms with Crippen molar-refractivity contribution in [2.45, 2.75) is 12.5 Å². The zero-order valence-corrected chi connectivity index (χ0v) is 14.9. The monoisotopic (exact) mass is 369 g/mol. The molecule has 0 radical (unpaired) electrons. The number of benzene rings is 2. The first-order valence-electron chi connectivity index (χ1n) is 8.88. The number of morpholine rings is 1. The molecule has 1 unspecified atom stereocenters. The second kappa shape index (κ2) is 9.70. The van der Waals surface area contributed by atoms with E-state index in [2.05, 4.69) is 16.0 Å². The van der Waals surface area contributed by atoms with Crippen LogP contribution in [0.3, 0.4) is 0 Å². The van der Waals surface area contributed by atoms with Crippen LogP contribution in [0.15, 0.2) is 54.6 Å². The summed E-state index contributed by atoms with van der Waals surface area (Å²) in [7, 11) is 0. The molecule has 2 amide bonds. The van der Waals surface area contributed by atoms with Crippen molar-refractivity contribution in [1.29, 1.82) is 0 Å². The minimum atomic E-state index is -0.251. The van der Waals surface area contributed by atoms with E-state index in [0.29, 0.717) is 36.8 Å². The predicted octanol–water partition coefficient (Wildman–Crippen LogP) is 2.02. The molecule has 3 rings (SSSR count). The number of carbonyl (C=O) groups excluding carboxylic acids is 2. The minimum absolute atomic E-state index is 0.0277. The van der Waals surface area contributed by atoms with Crippen molar-refractivity contribution >= 4 is 23.2 Å². The van der Waals surface area contributed by atoms with E-state index in [9.17, 15) is 9.59 Å². The summed E-state index contributed by atoms with van der Waals surface area (Å²) >= 11 is 0. The smallest absolute Gasteiger partial charge is 0.262 e. The zero-order chi connectivity index (χ0) is 18.9. The molecule has 1 aliphatic heterocycles. The highest BCUT2D eigenvalue weighted by Crippen LogP contribution is 2.18. The van der Waals surface area contributed by atoms with Crippen molar-refractivity contribution in [3.8, 4) is 5.75 Å². The molecule has 0 aliphatic carbocycles. The van der Waals surface area contributed by atoms with Gasteiger partial charge in [0.05, 0.1) is 13.2 Å². The van der Waals surface area contributed by atoms with Crippen LogP contribution < -0.4 is 20.7 Å². The van der Waals surface area contributed by atoms with Crippen LogP contribution >= 0.6 is 0 Å². The van der Waals surface area contributed by atoms with Crippen LogP contribution in [0, 0.1) is 0 Å². The molecule has 7 nitrogen and oxygen atoms in total. The predicted molar refractivity (Wildman–Crippen MR) is 103 cm³/mol. The molecule has 2 aromatic carbocycles. The Kier molecular flexibility index (Phi) is 6.78. The lowest BCUT2D eigenvalue weighted by Gasteiger charge is -2.23. The molecule has 1 fully saturated rings. The van der Waals surface area contributed by atoms with Gasteiger partial charge in [0, 0.05) is 36.4 Å². The van der Waals surface area contributed by atoms with Gasteiger partial charge in [-0.15, -0.1) is 0 Å². The van der Waals surface area contributed by atoms with E-state index in [1.54, 1.807) is 36.4 Å². The van der Waals surface area contributed by atoms with Gasteiger partial charge in [-0.3, -0.25) is 9.59 Å². The normalized spacial score (nSPS) is 16.4. The molecule has 0 aromatic heterocycles. The third kappa shape index (κ3) is 6.40. The van der Waals surface area contributed by atoms with Gasteiger partial charge < -0.3 is 25.4 Å². The Morgan fingerprint density at radius 2 is 1.81 bits per heavy atom. The molecule has 1 saturated heterocycles.